The van der Waals surface area contributed by atoms with E-state index in [2.05, 4.69) is 35.4 Å². The maximum absolute atomic E-state index is 4.38. The summed E-state index contributed by atoms with van der Waals surface area (Å²) in [7, 11) is 0. The van der Waals surface area contributed by atoms with Crippen LogP contribution in [-0.2, 0) is 6.54 Å². The highest BCUT2D eigenvalue weighted by Crippen LogP contribution is 2.08. The molecule has 1 N–H and O–H groups in total. The molecule has 1 saturated heterocycles. The Bertz CT molecular complexity index is 316. The van der Waals surface area contributed by atoms with Crippen LogP contribution in [0.3, 0.4) is 0 Å². The molecule has 0 aliphatic carbocycles. The molecule has 2 rings (SSSR count). The molecular formula is C12H23ClN4. The van der Waals surface area contributed by atoms with Crippen molar-refractivity contribution in [1.29, 1.82) is 0 Å². The Hall–Kier alpha value is -0.580. The van der Waals surface area contributed by atoms with Gasteiger partial charge in [0.1, 0.15) is 0 Å². The third-order valence-electron chi connectivity index (χ3n) is 3.02. The summed E-state index contributed by atoms with van der Waals surface area (Å²) in [5.74, 6) is 0. The van der Waals surface area contributed by atoms with E-state index in [1.54, 1.807) is 0 Å². The third-order valence-corrected chi connectivity index (χ3v) is 3.02. The lowest BCUT2D eigenvalue weighted by molar-refractivity contribution is 0.284. The highest BCUT2D eigenvalue weighted by atomic mass is 35.5. The largest absolute Gasteiger partial charge is 0.315 e. The Kier molecular flexibility index (Phi) is 5.95. The summed E-state index contributed by atoms with van der Waals surface area (Å²) in [5.41, 5.74) is 1.33. The van der Waals surface area contributed by atoms with Gasteiger partial charge in [0.25, 0.3) is 0 Å². The standard InChI is InChI=1S/C12H22N4.ClH/c1-11(2)16-10-12(8-14-16)9-15-6-3-4-13-5-7-15;/h8,10-11,13H,3-7,9H2,1-2H3;1H. The van der Waals surface area contributed by atoms with E-state index >= 15 is 0 Å². The topological polar surface area (TPSA) is 33.1 Å². The zero-order valence-corrected chi connectivity index (χ0v) is 11.5. The predicted octanol–water partition coefficient (Wildman–Crippen LogP) is 1.68. The smallest absolute Gasteiger partial charge is 0.0534 e. The fourth-order valence-electron chi connectivity index (χ4n) is 2.06. The number of hydrogen-bond acceptors (Lipinski definition) is 3. The van der Waals surface area contributed by atoms with Gasteiger partial charge in [-0.05, 0) is 33.4 Å². The Morgan fingerprint density at radius 3 is 2.88 bits per heavy atom. The molecule has 2 heterocycles. The van der Waals surface area contributed by atoms with Gasteiger partial charge in [-0.15, -0.1) is 12.4 Å². The molecule has 0 saturated carbocycles. The zero-order valence-electron chi connectivity index (χ0n) is 10.7. The highest BCUT2D eigenvalue weighted by Gasteiger charge is 2.10. The van der Waals surface area contributed by atoms with Crippen molar-refractivity contribution in [1.82, 2.24) is 20.0 Å². The van der Waals surface area contributed by atoms with Gasteiger partial charge < -0.3 is 5.32 Å². The second-order valence-corrected chi connectivity index (χ2v) is 4.80. The normalized spacial score (nSPS) is 17.8. The van der Waals surface area contributed by atoms with E-state index in [0.29, 0.717) is 6.04 Å². The first-order valence-electron chi connectivity index (χ1n) is 6.22. The molecule has 0 amide bonds. The molecule has 0 unspecified atom stereocenters. The van der Waals surface area contributed by atoms with Crippen molar-refractivity contribution in [3.8, 4) is 0 Å². The molecule has 5 heteroatoms. The number of halogens is 1. The molecular weight excluding hydrogens is 236 g/mol. The first kappa shape index (κ1) is 14.5. The lowest BCUT2D eigenvalue weighted by Gasteiger charge is -2.18. The van der Waals surface area contributed by atoms with Gasteiger partial charge in [-0.1, -0.05) is 0 Å². The van der Waals surface area contributed by atoms with E-state index < -0.39 is 0 Å². The van der Waals surface area contributed by atoms with Gasteiger partial charge in [-0.2, -0.15) is 5.10 Å². The van der Waals surface area contributed by atoms with Gasteiger partial charge in [-0.3, -0.25) is 9.58 Å². The van der Waals surface area contributed by atoms with Crippen LogP contribution in [0.2, 0.25) is 0 Å². The summed E-state index contributed by atoms with van der Waals surface area (Å²) in [4.78, 5) is 2.50. The minimum atomic E-state index is 0. The fourth-order valence-corrected chi connectivity index (χ4v) is 2.06. The number of nitrogens with one attached hydrogen (secondary N) is 1. The Morgan fingerprint density at radius 2 is 2.18 bits per heavy atom. The maximum Gasteiger partial charge on any atom is 0.0534 e. The van der Waals surface area contributed by atoms with Crippen molar-refractivity contribution >= 4 is 12.4 Å². The van der Waals surface area contributed by atoms with Crippen LogP contribution in [0.5, 0.6) is 0 Å². The SMILES string of the molecule is CC(C)n1cc(CN2CCCNCC2)cn1.Cl. The summed E-state index contributed by atoms with van der Waals surface area (Å²) in [6, 6.07) is 0.458. The molecule has 1 aromatic rings. The van der Waals surface area contributed by atoms with Crippen molar-refractivity contribution in [3.63, 3.8) is 0 Å². The number of hydrogen-bond donors (Lipinski definition) is 1. The fraction of sp³-hybridized carbons (Fsp3) is 0.750. The molecule has 0 atom stereocenters. The molecule has 4 nitrogen and oxygen atoms in total. The van der Waals surface area contributed by atoms with Crippen molar-refractivity contribution < 1.29 is 0 Å². The number of nitrogens with zero attached hydrogens (tertiary/aromatic N) is 3. The van der Waals surface area contributed by atoms with Crippen LogP contribution >= 0.6 is 12.4 Å². The number of rotatable bonds is 3. The van der Waals surface area contributed by atoms with Gasteiger partial charge in [0, 0.05) is 37.4 Å². The Labute approximate surface area is 110 Å². The third kappa shape index (κ3) is 4.30. The molecule has 1 aliphatic heterocycles. The molecule has 98 valence electrons. The van der Waals surface area contributed by atoms with Crippen molar-refractivity contribution in [2.45, 2.75) is 32.9 Å². The molecule has 1 aliphatic rings. The quantitative estimate of drug-likeness (QED) is 0.896. The van der Waals surface area contributed by atoms with Gasteiger partial charge in [0.2, 0.25) is 0 Å². The zero-order chi connectivity index (χ0) is 11.4. The second-order valence-electron chi connectivity index (χ2n) is 4.80. The summed E-state index contributed by atoms with van der Waals surface area (Å²) in [5, 5.41) is 7.80. The summed E-state index contributed by atoms with van der Waals surface area (Å²) in [6.07, 6.45) is 5.42. The van der Waals surface area contributed by atoms with E-state index in [4.69, 9.17) is 0 Å². The molecule has 0 radical (unpaired) electrons. The average Bonchev–Trinajstić information content (AvgIpc) is 2.56. The molecule has 1 aromatic heterocycles. The van der Waals surface area contributed by atoms with Gasteiger partial charge in [-0.25, -0.2) is 0 Å². The monoisotopic (exact) mass is 258 g/mol. The van der Waals surface area contributed by atoms with E-state index in [-0.39, 0.29) is 12.4 Å². The predicted molar refractivity (Wildman–Crippen MR) is 72.6 cm³/mol. The van der Waals surface area contributed by atoms with Gasteiger partial charge in [0.05, 0.1) is 6.20 Å². The van der Waals surface area contributed by atoms with Crippen LogP contribution in [0, 0.1) is 0 Å². The first-order valence-corrected chi connectivity index (χ1v) is 6.22. The van der Waals surface area contributed by atoms with Gasteiger partial charge in [0.15, 0.2) is 0 Å². The van der Waals surface area contributed by atoms with Crippen LogP contribution in [0.4, 0.5) is 0 Å². The first-order chi connectivity index (χ1) is 7.75. The van der Waals surface area contributed by atoms with E-state index in [0.717, 1.165) is 26.2 Å². The second kappa shape index (κ2) is 6.99. The van der Waals surface area contributed by atoms with Crippen LogP contribution in [0.15, 0.2) is 12.4 Å². The van der Waals surface area contributed by atoms with Crippen molar-refractivity contribution in [2.24, 2.45) is 0 Å². The highest BCUT2D eigenvalue weighted by molar-refractivity contribution is 5.85. The van der Waals surface area contributed by atoms with Crippen LogP contribution < -0.4 is 5.32 Å². The van der Waals surface area contributed by atoms with E-state index in [1.807, 2.05) is 10.9 Å². The maximum atomic E-state index is 4.38. The molecule has 17 heavy (non-hydrogen) atoms. The summed E-state index contributed by atoms with van der Waals surface area (Å²) >= 11 is 0. The lowest BCUT2D eigenvalue weighted by atomic mass is 10.3. The van der Waals surface area contributed by atoms with Crippen LogP contribution in [0.1, 0.15) is 31.9 Å². The molecule has 1 fully saturated rings. The minimum Gasteiger partial charge on any atom is -0.315 e. The number of aromatic nitrogens is 2. The van der Waals surface area contributed by atoms with Crippen molar-refractivity contribution in [3.05, 3.63) is 18.0 Å². The van der Waals surface area contributed by atoms with E-state index in [9.17, 15) is 0 Å². The molecule has 0 spiro atoms. The Balaban J connectivity index is 0.00000144. The van der Waals surface area contributed by atoms with Gasteiger partial charge >= 0.3 is 0 Å². The molecule has 0 aromatic carbocycles. The van der Waals surface area contributed by atoms with Crippen LogP contribution in [-0.4, -0.2) is 40.9 Å². The van der Waals surface area contributed by atoms with Crippen LogP contribution in [0.25, 0.3) is 0 Å². The Morgan fingerprint density at radius 1 is 1.35 bits per heavy atom. The molecule has 0 bridgehead atoms. The average molecular weight is 259 g/mol. The summed E-state index contributed by atoms with van der Waals surface area (Å²) < 4.78 is 2.03. The van der Waals surface area contributed by atoms with Crippen molar-refractivity contribution in [2.75, 3.05) is 26.2 Å². The lowest BCUT2D eigenvalue weighted by Crippen LogP contribution is -2.27. The van der Waals surface area contributed by atoms with E-state index in [1.165, 1.54) is 18.5 Å². The minimum absolute atomic E-state index is 0. The summed E-state index contributed by atoms with van der Waals surface area (Å²) in [6.45, 7) is 9.96.